The van der Waals surface area contributed by atoms with Gasteiger partial charge in [-0.2, -0.15) is 0 Å². The highest BCUT2D eigenvalue weighted by atomic mass is 28.3. The lowest BCUT2D eigenvalue weighted by Crippen LogP contribution is -2.61. The Labute approximate surface area is 88.5 Å². The van der Waals surface area contributed by atoms with Gasteiger partial charge in [0.2, 0.25) is 0 Å². The SMILES string of the molecule is CC(C)[Si](NC(N)=O)(C(C)C)C(C)C. The van der Waals surface area contributed by atoms with Crippen molar-refractivity contribution in [2.75, 3.05) is 0 Å². The van der Waals surface area contributed by atoms with Gasteiger partial charge in [0, 0.05) is 0 Å². The maximum Gasteiger partial charge on any atom is 0.304 e. The molecule has 0 rings (SSSR count). The van der Waals surface area contributed by atoms with Gasteiger partial charge in [0.15, 0.2) is 8.24 Å². The van der Waals surface area contributed by atoms with Gasteiger partial charge in [-0.3, -0.25) is 4.79 Å². The fourth-order valence-corrected chi connectivity index (χ4v) is 7.94. The maximum absolute atomic E-state index is 11.1. The third-order valence-electron chi connectivity index (χ3n) is 3.21. The van der Waals surface area contributed by atoms with Gasteiger partial charge < -0.3 is 10.7 Å². The summed E-state index contributed by atoms with van der Waals surface area (Å²) in [6.45, 7) is 13.1. The summed E-state index contributed by atoms with van der Waals surface area (Å²) >= 11 is 0. The highest BCUT2D eigenvalue weighted by molar-refractivity contribution is 6.83. The van der Waals surface area contributed by atoms with Crippen molar-refractivity contribution in [3.63, 3.8) is 0 Å². The molecule has 84 valence electrons. The number of carbonyl (C=O) groups is 1. The summed E-state index contributed by atoms with van der Waals surface area (Å²) in [5, 5.41) is 0. The summed E-state index contributed by atoms with van der Waals surface area (Å²) < 4.78 is 0. The Hall–Kier alpha value is -0.513. The molecule has 0 heterocycles. The third-order valence-corrected chi connectivity index (χ3v) is 9.62. The van der Waals surface area contributed by atoms with E-state index in [-0.39, 0.29) is 6.03 Å². The van der Waals surface area contributed by atoms with Gasteiger partial charge in [-0.15, -0.1) is 0 Å². The number of hydrogen-bond acceptors (Lipinski definition) is 1. The van der Waals surface area contributed by atoms with E-state index < -0.39 is 8.24 Å². The van der Waals surface area contributed by atoms with Gasteiger partial charge in [-0.25, -0.2) is 0 Å². The Morgan fingerprint density at radius 1 is 1.00 bits per heavy atom. The molecule has 0 saturated carbocycles. The van der Waals surface area contributed by atoms with Crippen LogP contribution >= 0.6 is 0 Å². The third kappa shape index (κ3) is 2.50. The molecular weight excluding hydrogens is 192 g/mol. The van der Waals surface area contributed by atoms with Crippen molar-refractivity contribution in [3.05, 3.63) is 0 Å². The zero-order valence-electron chi connectivity index (χ0n) is 10.2. The Kier molecular flexibility index (Phi) is 4.64. The summed E-state index contributed by atoms with van der Waals surface area (Å²) in [6.07, 6.45) is 0. The monoisotopic (exact) mass is 216 g/mol. The topological polar surface area (TPSA) is 55.1 Å². The summed E-state index contributed by atoms with van der Waals surface area (Å²) in [5.74, 6) is 0. The summed E-state index contributed by atoms with van der Waals surface area (Å²) in [5.41, 5.74) is 6.80. The zero-order valence-corrected chi connectivity index (χ0v) is 11.2. The zero-order chi connectivity index (χ0) is 11.5. The first-order valence-corrected chi connectivity index (χ1v) is 7.55. The average molecular weight is 216 g/mol. The van der Waals surface area contributed by atoms with Crippen LogP contribution in [-0.2, 0) is 0 Å². The fraction of sp³-hybridized carbons (Fsp3) is 0.900. The molecule has 0 saturated heterocycles. The van der Waals surface area contributed by atoms with Crippen molar-refractivity contribution in [2.45, 2.75) is 58.2 Å². The highest BCUT2D eigenvalue weighted by Gasteiger charge is 2.44. The molecule has 2 amide bonds. The van der Waals surface area contributed by atoms with Crippen molar-refractivity contribution in [1.82, 2.24) is 4.98 Å². The van der Waals surface area contributed by atoms with Crippen LogP contribution in [0.3, 0.4) is 0 Å². The number of urea groups is 1. The molecule has 0 aromatic rings. The molecule has 0 fully saturated rings. The molecule has 0 aliphatic heterocycles. The molecule has 0 aliphatic rings. The number of rotatable bonds is 4. The molecule has 3 nitrogen and oxygen atoms in total. The van der Waals surface area contributed by atoms with Crippen LogP contribution in [0.1, 0.15) is 41.5 Å². The second kappa shape index (κ2) is 4.82. The minimum Gasteiger partial charge on any atom is -0.364 e. The predicted molar refractivity (Wildman–Crippen MR) is 63.8 cm³/mol. The van der Waals surface area contributed by atoms with Crippen LogP contribution in [0.2, 0.25) is 16.6 Å². The molecule has 0 atom stereocenters. The standard InChI is InChI=1S/C10H24N2OSi/c1-7(2)14(8(3)4,9(5)6)12-10(11)13/h7-9H,1-6H3,(H3,11,12,13). The van der Waals surface area contributed by atoms with Crippen LogP contribution in [0.15, 0.2) is 0 Å². The van der Waals surface area contributed by atoms with Crippen molar-refractivity contribution in [1.29, 1.82) is 0 Å². The van der Waals surface area contributed by atoms with E-state index in [4.69, 9.17) is 5.73 Å². The maximum atomic E-state index is 11.1. The van der Waals surface area contributed by atoms with Crippen molar-refractivity contribution < 1.29 is 4.79 Å². The van der Waals surface area contributed by atoms with E-state index >= 15 is 0 Å². The van der Waals surface area contributed by atoms with Gasteiger partial charge in [-0.1, -0.05) is 41.5 Å². The van der Waals surface area contributed by atoms with Crippen LogP contribution in [-0.4, -0.2) is 14.3 Å². The van der Waals surface area contributed by atoms with E-state index in [0.29, 0.717) is 16.6 Å². The lowest BCUT2D eigenvalue weighted by molar-refractivity contribution is 0.252. The largest absolute Gasteiger partial charge is 0.364 e. The molecule has 14 heavy (non-hydrogen) atoms. The Morgan fingerprint density at radius 3 is 1.36 bits per heavy atom. The molecule has 3 N–H and O–H groups in total. The summed E-state index contributed by atoms with van der Waals surface area (Å²) in [4.78, 5) is 14.1. The summed E-state index contributed by atoms with van der Waals surface area (Å²) in [7, 11) is -1.82. The van der Waals surface area contributed by atoms with Crippen molar-refractivity contribution in [3.8, 4) is 0 Å². The molecule has 0 aliphatic carbocycles. The first-order valence-electron chi connectivity index (χ1n) is 5.32. The number of nitrogens with one attached hydrogen (secondary N) is 1. The van der Waals surface area contributed by atoms with Crippen LogP contribution in [0.25, 0.3) is 0 Å². The number of nitrogens with two attached hydrogens (primary N) is 1. The van der Waals surface area contributed by atoms with E-state index in [9.17, 15) is 4.79 Å². The van der Waals surface area contributed by atoms with Crippen LogP contribution in [0.5, 0.6) is 0 Å². The number of hydrogen-bond donors (Lipinski definition) is 2. The molecule has 0 bridgehead atoms. The second-order valence-corrected chi connectivity index (χ2v) is 10.5. The second-order valence-electron chi connectivity index (χ2n) is 4.89. The molecule has 0 aromatic heterocycles. The van der Waals surface area contributed by atoms with Crippen LogP contribution in [0.4, 0.5) is 4.79 Å². The smallest absolute Gasteiger partial charge is 0.304 e. The number of carbonyl (C=O) groups excluding carboxylic acids is 1. The number of amides is 2. The predicted octanol–water partition coefficient (Wildman–Crippen LogP) is 2.83. The minimum atomic E-state index is -1.82. The molecule has 0 aromatic carbocycles. The Morgan fingerprint density at radius 2 is 1.29 bits per heavy atom. The lowest BCUT2D eigenvalue weighted by atomic mass is 10.5. The van der Waals surface area contributed by atoms with E-state index in [1.807, 2.05) is 0 Å². The van der Waals surface area contributed by atoms with Gasteiger partial charge >= 0.3 is 6.03 Å². The van der Waals surface area contributed by atoms with Crippen LogP contribution < -0.4 is 10.7 Å². The van der Waals surface area contributed by atoms with E-state index in [2.05, 4.69) is 46.5 Å². The van der Waals surface area contributed by atoms with E-state index in [1.54, 1.807) is 0 Å². The first kappa shape index (κ1) is 13.5. The minimum absolute atomic E-state index is 0.368. The fourth-order valence-electron chi connectivity index (χ4n) is 2.65. The molecule has 0 spiro atoms. The molecule has 0 unspecified atom stereocenters. The van der Waals surface area contributed by atoms with Crippen molar-refractivity contribution >= 4 is 14.3 Å². The average Bonchev–Trinajstić information content (AvgIpc) is 1.97. The molecule has 4 heteroatoms. The number of primary amides is 1. The van der Waals surface area contributed by atoms with Gasteiger partial charge in [-0.05, 0) is 16.6 Å². The van der Waals surface area contributed by atoms with Crippen molar-refractivity contribution in [2.24, 2.45) is 5.73 Å². The molecular formula is C10H24N2OSi. The van der Waals surface area contributed by atoms with E-state index in [1.165, 1.54) is 0 Å². The van der Waals surface area contributed by atoms with E-state index in [0.717, 1.165) is 0 Å². The Balaban J connectivity index is 5.05. The normalized spacial score (nSPS) is 12.6. The Bertz CT molecular complexity index is 181. The van der Waals surface area contributed by atoms with Crippen LogP contribution in [0, 0.1) is 0 Å². The summed E-state index contributed by atoms with van der Waals surface area (Å²) in [6, 6.07) is -0.368. The first-order chi connectivity index (χ1) is 6.25. The van der Waals surface area contributed by atoms with Gasteiger partial charge in [0.25, 0.3) is 0 Å². The quantitative estimate of drug-likeness (QED) is 0.698. The lowest BCUT2D eigenvalue weighted by Gasteiger charge is -2.42. The van der Waals surface area contributed by atoms with Gasteiger partial charge in [0.1, 0.15) is 0 Å². The highest BCUT2D eigenvalue weighted by Crippen LogP contribution is 2.38. The molecule has 0 radical (unpaired) electrons. The van der Waals surface area contributed by atoms with Gasteiger partial charge in [0.05, 0.1) is 0 Å².